The fraction of sp³-hybridized carbons (Fsp3) is 0.400. The summed E-state index contributed by atoms with van der Waals surface area (Å²) >= 11 is 0. The summed E-state index contributed by atoms with van der Waals surface area (Å²) in [6.07, 6.45) is 2.78. The Morgan fingerprint density at radius 2 is 2.08 bits per heavy atom. The van der Waals surface area contributed by atoms with Gasteiger partial charge < -0.3 is 4.90 Å². The number of carbonyl (C=O) groups is 2. The molecule has 0 radical (unpaired) electrons. The summed E-state index contributed by atoms with van der Waals surface area (Å²) < 4.78 is 14.7. The molecule has 1 N–H and O–H groups in total. The molecule has 0 atom stereocenters. The van der Waals surface area contributed by atoms with E-state index < -0.39 is 0 Å². The van der Waals surface area contributed by atoms with Crippen molar-refractivity contribution in [3.05, 3.63) is 30.0 Å². The summed E-state index contributed by atoms with van der Waals surface area (Å²) in [6, 6.07) is 2.94. The van der Waals surface area contributed by atoms with E-state index in [1.807, 2.05) is 0 Å². The van der Waals surface area contributed by atoms with E-state index >= 15 is 0 Å². The number of nitrogens with one attached hydrogen (secondary N) is 1. The van der Waals surface area contributed by atoms with E-state index in [-0.39, 0.29) is 35.7 Å². The molecule has 1 saturated heterocycles. The van der Waals surface area contributed by atoms with Crippen LogP contribution in [0.25, 0.3) is 5.65 Å². The smallest absolute Gasteiger partial charge is 0.270 e. The highest BCUT2D eigenvalue weighted by Gasteiger charge is 2.30. The number of piperidine rings is 1. The molecule has 0 aromatic carbocycles. The molecular weight excluding hydrogens is 315 g/mol. The molecule has 124 valence electrons. The summed E-state index contributed by atoms with van der Waals surface area (Å²) in [5.41, 5.74) is 3.16. The summed E-state index contributed by atoms with van der Waals surface area (Å²) in [4.78, 5) is 29.6. The van der Waals surface area contributed by atoms with Gasteiger partial charge in [0, 0.05) is 19.0 Å². The van der Waals surface area contributed by atoms with Gasteiger partial charge in [0.05, 0.1) is 12.6 Å². The van der Waals surface area contributed by atoms with Gasteiger partial charge in [-0.3, -0.25) is 9.59 Å². The molecule has 2 amide bonds. The Morgan fingerprint density at radius 3 is 2.79 bits per heavy atom. The maximum atomic E-state index is 13.2. The standard InChI is InChI=1S/C15H15FN6O2/c16-10-1-2-12-17-14(20-22(12)8-10)9-3-5-21(6-4-9)15(24)11-7-13(23)19-18-11/h1-2,8-9H,3-7H2,(H,19,23). The second-order valence-electron chi connectivity index (χ2n) is 5.96. The van der Waals surface area contributed by atoms with Crippen molar-refractivity contribution >= 4 is 23.2 Å². The Bertz CT molecular complexity index is 853. The number of hydrogen-bond donors (Lipinski definition) is 1. The Hall–Kier alpha value is -2.84. The number of fused-ring (bicyclic) bond motifs is 1. The van der Waals surface area contributed by atoms with E-state index in [4.69, 9.17) is 0 Å². The molecule has 8 nitrogen and oxygen atoms in total. The Labute approximate surface area is 136 Å². The molecule has 2 aromatic rings. The average molecular weight is 330 g/mol. The first kappa shape index (κ1) is 14.7. The number of carbonyl (C=O) groups excluding carboxylic acids is 2. The van der Waals surface area contributed by atoms with Gasteiger partial charge in [-0.05, 0) is 25.0 Å². The topological polar surface area (TPSA) is 92.0 Å². The SMILES string of the molecule is O=C1CC(C(=O)N2CCC(c3nc4ccc(F)cn4n3)CC2)=NN1. The van der Waals surface area contributed by atoms with Crippen molar-refractivity contribution in [2.75, 3.05) is 13.1 Å². The van der Waals surface area contributed by atoms with Gasteiger partial charge >= 0.3 is 0 Å². The summed E-state index contributed by atoms with van der Waals surface area (Å²) in [6.45, 7) is 1.11. The third-order valence-electron chi connectivity index (χ3n) is 4.35. The van der Waals surface area contributed by atoms with Crippen LogP contribution in [0.4, 0.5) is 4.39 Å². The molecule has 2 aromatic heterocycles. The lowest BCUT2D eigenvalue weighted by atomic mass is 9.96. The summed E-state index contributed by atoms with van der Waals surface area (Å²) in [5, 5.41) is 8.11. The Morgan fingerprint density at radius 1 is 1.29 bits per heavy atom. The van der Waals surface area contributed by atoms with E-state index in [0.29, 0.717) is 24.6 Å². The molecule has 24 heavy (non-hydrogen) atoms. The molecule has 0 bridgehead atoms. The number of hydrogen-bond acceptors (Lipinski definition) is 5. The predicted molar refractivity (Wildman–Crippen MR) is 81.7 cm³/mol. The largest absolute Gasteiger partial charge is 0.337 e. The van der Waals surface area contributed by atoms with Gasteiger partial charge in [-0.1, -0.05) is 0 Å². The fourth-order valence-electron chi connectivity index (χ4n) is 3.06. The van der Waals surface area contributed by atoms with Crippen LogP contribution in [0.2, 0.25) is 0 Å². The molecule has 0 saturated carbocycles. The van der Waals surface area contributed by atoms with Crippen molar-refractivity contribution in [2.45, 2.75) is 25.2 Å². The number of hydrazone groups is 1. The number of aromatic nitrogens is 3. The summed E-state index contributed by atoms with van der Waals surface area (Å²) in [7, 11) is 0. The molecule has 9 heteroatoms. The van der Waals surface area contributed by atoms with Crippen LogP contribution < -0.4 is 5.43 Å². The molecule has 1 fully saturated rings. The fourth-order valence-corrected chi connectivity index (χ4v) is 3.06. The zero-order valence-corrected chi connectivity index (χ0v) is 12.8. The van der Waals surface area contributed by atoms with Crippen molar-refractivity contribution in [3.63, 3.8) is 0 Å². The second-order valence-corrected chi connectivity index (χ2v) is 5.96. The lowest BCUT2D eigenvalue weighted by molar-refractivity contribution is -0.125. The normalized spacial score (nSPS) is 18.8. The first-order valence-corrected chi connectivity index (χ1v) is 7.76. The van der Waals surface area contributed by atoms with Gasteiger partial charge in [0.15, 0.2) is 11.5 Å². The van der Waals surface area contributed by atoms with Crippen molar-refractivity contribution in [1.29, 1.82) is 0 Å². The maximum absolute atomic E-state index is 13.2. The van der Waals surface area contributed by atoms with E-state index in [0.717, 1.165) is 12.8 Å². The first-order chi connectivity index (χ1) is 11.6. The first-order valence-electron chi connectivity index (χ1n) is 7.76. The van der Waals surface area contributed by atoms with Gasteiger partial charge in [-0.25, -0.2) is 19.3 Å². The van der Waals surface area contributed by atoms with Crippen LogP contribution in [0, 0.1) is 5.82 Å². The third kappa shape index (κ3) is 2.61. The van der Waals surface area contributed by atoms with Crippen LogP contribution in [-0.2, 0) is 9.59 Å². The molecular formula is C15H15FN6O2. The summed E-state index contributed by atoms with van der Waals surface area (Å²) in [5.74, 6) is -0.0175. The van der Waals surface area contributed by atoms with Gasteiger partial charge in [0.2, 0.25) is 5.91 Å². The highest BCUT2D eigenvalue weighted by Crippen LogP contribution is 2.26. The average Bonchev–Trinajstić information content (AvgIpc) is 3.20. The van der Waals surface area contributed by atoms with Crippen molar-refractivity contribution < 1.29 is 14.0 Å². The number of rotatable bonds is 2. The molecule has 0 aliphatic carbocycles. The minimum atomic E-state index is -0.361. The monoisotopic (exact) mass is 330 g/mol. The van der Waals surface area contributed by atoms with Gasteiger partial charge in [-0.15, -0.1) is 0 Å². The Kier molecular flexibility index (Phi) is 3.47. The zero-order valence-electron chi connectivity index (χ0n) is 12.8. The highest BCUT2D eigenvalue weighted by molar-refractivity contribution is 6.43. The highest BCUT2D eigenvalue weighted by atomic mass is 19.1. The van der Waals surface area contributed by atoms with E-state index in [2.05, 4.69) is 20.6 Å². The van der Waals surface area contributed by atoms with Crippen molar-refractivity contribution in [3.8, 4) is 0 Å². The number of amides is 2. The van der Waals surface area contributed by atoms with Crippen LogP contribution in [0.15, 0.2) is 23.4 Å². The minimum absolute atomic E-state index is 0.0400. The molecule has 0 unspecified atom stereocenters. The molecule has 2 aliphatic heterocycles. The molecule has 4 heterocycles. The third-order valence-corrected chi connectivity index (χ3v) is 4.35. The molecule has 2 aliphatic rings. The van der Waals surface area contributed by atoms with Crippen LogP contribution in [0.1, 0.15) is 31.0 Å². The Balaban J connectivity index is 1.43. The number of halogens is 1. The van der Waals surface area contributed by atoms with Crippen LogP contribution in [-0.4, -0.2) is 50.1 Å². The van der Waals surface area contributed by atoms with Gasteiger partial charge in [0.25, 0.3) is 5.91 Å². The van der Waals surface area contributed by atoms with Crippen LogP contribution >= 0.6 is 0 Å². The van der Waals surface area contributed by atoms with Gasteiger partial charge in [0.1, 0.15) is 11.5 Å². The lowest BCUT2D eigenvalue weighted by Crippen LogP contribution is -2.41. The predicted octanol–water partition coefficient (Wildman–Crippen LogP) is 0.450. The van der Waals surface area contributed by atoms with Crippen LogP contribution in [0.5, 0.6) is 0 Å². The quantitative estimate of drug-likeness (QED) is 0.865. The lowest BCUT2D eigenvalue weighted by Gasteiger charge is -2.30. The van der Waals surface area contributed by atoms with Gasteiger partial charge in [-0.2, -0.15) is 10.2 Å². The zero-order chi connectivity index (χ0) is 16.7. The minimum Gasteiger partial charge on any atom is -0.337 e. The molecule has 4 rings (SSSR count). The molecule has 0 spiro atoms. The van der Waals surface area contributed by atoms with Crippen LogP contribution in [0.3, 0.4) is 0 Å². The van der Waals surface area contributed by atoms with E-state index in [1.165, 1.54) is 16.8 Å². The second kappa shape index (κ2) is 5.66. The van der Waals surface area contributed by atoms with Crippen molar-refractivity contribution in [1.82, 2.24) is 24.9 Å². The maximum Gasteiger partial charge on any atom is 0.270 e. The number of pyridine rings is 1. The number of nitrogens with zero attached hydrogens (tertiary/aromatic N) is 5. The van der Waals surface area contributed by atoms with E-state index in [9.17, 15) is 14.0 Å². The van der Waals surface area contributed by atoms with E-state index in [1.54, 1.807) is 11.0 Å². The van der Waals surface area contributed by atoms with Crippen molar-refractivity contribution in [2.24, 2.45) is 5.10 Å². The number of likely N-dealkylation sites (tertiary alicyclic amines) is 1.